The quantitative estimate of drug-likeness (QED) is 0.383. The minimum absolute atomic E-state index is 0.0697. The second kappa shape index (κ2) is 7.27. The summed E-state index contributed by atoms with van der Waals surface area (Å²) in [5, 5.41) is 40.0. The van der Waals surface area contributed by atoms with Gasteiger partial charge in [0.1, 0.15) is 23.7 Å². The lowest BCUT2D eigenvalue weighted by atomic mass is 9.98. The fourth-order valence-corrected chi connectivity index (χ4v) is 2.78. The maximum absolute atomic E-state index is 11.1. The van der Waals surface area contributed by atoms with E-state index in [2.05, 4.69) is 5.32 Å². The van der Waals surface area contributed by atoms with E-state index in [9.17, 15) is 15.0 Å². The van der Waals surface area contributed by atoms with Crippen LogP contribution in [0.25, 0.3) is 0 Å². The van der Waals surface area contributed by atoms with E-state index in [0.29, 0.717) is 5.75 Å². The zero-order valence-electron chi connectivity index (χ0n) is 10.0. The molecule has 1 saturated heterocycles. The van der Waals surface area contributed by atoms with Gasteiger partial charge in [0.15, 0.2) is 0 Å². The molecule has 0 aromatic rings. The largest absolute Gasteiger partial charge is 0.396 e. The van der Waals surface area contributed by atoms with Crippen LogP contribution < -0.4 is 5.32 Å². The summed E-state index contributed by atoms with van der Waals surface area (Å²) in [5.41, 5.74) is -0.628. The zero-order valence-corrected chi connectivity index (χ0v) is 10.8. The monoisotopic (exact) mass is 281 g/mol. The third-order valence-electron chi connectivity index (χ3n) is 2.62. The van der Waals surface area contributed by atoms with Gasteiger partial charge in [-0.25, -0.2) is 0 Å². The molecular formula is C10H19NO6S. The topological polar surface area (TPSA) is 119 Å². The van der Waals surface area contributed by atoms with E-state index in [1.807, 2.05) is 0 Å². The van der Waals surface area contributed by atoms with Crippen molar-refractivity contribution in [1.82, 2.24) is 5.32 Å². The van der Waals surface area contributed by atoms with Crippen LogP contribution in [0.4, 0.5) is 0 Å². The number of rotatable bonds is 5. The maximum atomic E-state index is 11.1. The van der Waals surface area contributed by atoms with Crippen molar-refractivity contribution in [3.05, 3.63) is 0 Å². The summed E-state index contributed by atoms with van der Waals surface area (Å²) >= 11 is 1.20. The first kappa shape index (κ1) is 15.7. The average molecular weight is 281 g/mol. The molecule has 7 nitrogen and oxygen atoms in total. The second-order valence-electron chi connectivity index (χ2n) is 4.03. The van der Waals surface area contributed by atoms with Crippen molar-refractivity contribution in [2.75, 3.05) is 19.0 Å². The molecule has 1 amide bonds. The fraction of sp³-hybridized carbons (Fsp3) is 0.900. The summed E-state index contributed by atoms with van der Waals surface area (Å²) in [4.78, 5) is 11.1. The molecule has 5 N–H and O–H groups in total. The third-order valence-corrected chi connectivity index (χ3v) is 3.78. The molecule has 1 aliphatic rings. The van der Waals surface area contributed by atoms with Crippen molar-refractivity contribution in [2.45, 2.75) is 36.7 Å². The highest BCUT2D eigenvalue weighted by atomic mass is 32.2. The minimum Gasteiger partial charge on any atom is -0.396 e. The number of thioether (sulfide) groups is 1. The van der Waals surface area contributed by atoms with Gasteiger partial charge in [0.25, 0.3) is 0 Å². The number of hydrogen-bond donors (Lipinski definition) is 5. The lowest BCUT2D eigenvalue weighted by Gasteiger charge is -2.42. The summed E-state index contributed by atoms with van der Waals surface area (Å²) < 4.78 is 5.41. The van der Waals surface area contributed by atoms with Crippen molar-refractivity contribution in [1.29, 1.82) is 0 Å². The molecular weight excluding hydrogens is 262 g/mol. The van der Waals surface area contributed by atoms with Crippen LogP contribution in [0.5, 0.6) is 0 Å². The molecule has 0 radical (unpaired) electrons. The smallest absolute Gasteiger partial charge is 0.217 e. The predicted octanol–water partition coefficient (Wildman–Crippen LogP) is -2.34. The van der Waals surface area contributed by atoms with E-state index < -0.39 is 36.4 Å². The van der Waals surface area contributed by atoms with E-state index in [1.165, 1.54) is 18.7 Å². The van der Waals surface area contributed by atoms with Crippen molar-refractivity contribution in [2.24, 2.45) is 0 Å². The highest BCUT2D eigenvalue weighted by Gasteiger charge is 2.44. The number of carbonyl (C=O) groups is 1. The van der Waals surface area contributed by atoms with Crippen molar-refractivity contribution < 1.29 is 30.0 Å². The van der Waals surface area contributed by atoms with Gasteiger partial charge in [-0.1, -0.05) is 0 Å². The Kier molecular flexibility index (Phi) is 6.33. The van der Waals surface area contributed by atoms with Crippen molar-refractivity contribution in [3.63, 3.8) is 0 Å². The molecule has 18 heavy (non-hydrogen) atoms. The number of aliphatic hydroxyl groups excluding tert-OH is 4. The number of amides is 1. The van der Waals surface area contributed by atoms with Gasteiger partial charge in [0.05, 0.1) is 19.3 Å². The van der Waals surface area contributed by atoms with Crippen LogP contribution in [0.2, 0.25) is 0 Å². The van der Waals surface area contributed by atoms with Crippen LogP contribution in [0.1, 0.15) is 6.92 Å². The van der Waals surface area contributed by atoms with E-state index in [1.54, 1.807) is 0 Å². The Labute approximate surface area is 109 Å². The Balaban J connectivity index is 2.76. The zero-order chi connectivity index (χ0) is 13.7. The first-order valence-electron chi connectivity index (χ1n) is 5.63. The molecule has 0 aromatic carbocycles. The molecule has 0 aromatic heterocycles. The number of carbonyl (C=O) groups excluding carboxylic acids is 1. The van der Waals surface area contributed by atoms with Gasteiger partial charge in [-0.05, 0) is 0 Å². The number of aliphatic hydroxyl groups is 4. The summed E-state index contributed by atoms with van der Waals surface area (Å²) in [6, 6.07) is -0.781. The Morgan fingerprint density at radius 2 is 2.00 bits per heavy atom. The first-order valence-corrected chi connectivity index (χ1v) is 6.68. The van der Waals surface area contributed by atoms with Crippen LogP contribution in [-0.2, 0) is 9.53 Å². The molecule has 5 atom stereocenters. The molecule has 1 heterocycles. The average Bonchev–Trinajstić information content (AvgIpc) is 2.33. The van der Waals surface area contributed by atoms with Crippen LogP contribution in [0.3, 0.4) is 0 Å². The number of hydrogen-bond acceptors (Lipinski definition) is 7. The highest BCUT2D eigenvalue weighted by Crippen LogP contribution is 2.28. The van der Waals surface area contributed by atoms with Crippen LogP contribution >= 0.6 is 11.8 Å². The van der Waals surface area contributed by atoms with Crippen molar-refractivity contribution in [3.8, 4) is 0 Å². The van der Waals surface area contributed by atoms with Gasteiger partial charge in [-0.15, -0.1) is 11.8 Å². The molecule has 0 aliphatic carbocycles. The van der Waals surface area contributed by atoms with Crippen LogP contribution in [0, 0.1) is 0 Å². The molecule has 0 unspecified atom stereocenters. The van der Waals surface area contributed by atoms with Gasteiger partial charge >= 0.3 is 0 Å². The Bertz CT molecular complexity index is 279. The minimum atomic E-state index is -1.27. The second-order valence-corrected chi connectivity index (χ2v) is 5.23. The van der Waals surface area contributed by atoms with Gasteiger partial charge in [-0.2, -0.15) is 0 Å². The van der Waals surface area contributed by atoms with E-state index in [-0.39, 0.29) is 12.5 Å². The lowest BCUT2D eigenvalue weighted by Crippen LogP contribution is -2.63. The normalized spacial score (nSPS) is 36.4. The fourth-order valence-electron chi connectivity index (χ4n) is 1.78. The van der Waals surface area contributed by atoms with Gasteiger partial charge in [0.2, 0.25) is 5.91 Å². The van der Waals surface area contributed by atoms with Crippen LogP contribution in [0.15, 0.2) is 0 Å². The first-order chi connectivity index (χ1) is 8.51. The maximum Gasteiger partial charge on any atom is 0.217 e. The van der Waals surface area contributed by atoms with E-state index >= 15 is 0 Å². The molecule has 0 saturated carbocycles. The molecule has 1 aliphatic heterocycles. The van der Waals surface area contributed by atoms with E-state index in [4.69, 9.17) is 14.9 Å². The number of ether oxygens (including phenoxy) is 1. The SMILES string of the molecule is CC(=O)N[C@@H]1[C@@H](O)[C@H](O)[C@@H](CO)O[C@@H]1SCCO. The molecule has 1 rings (SSSR count). The Hall–Kier alpha value is -0.380. The van der Waals surface area contributed by atoms with Gasteiger partial charge in [0, 0.05) is 12.7 Å². The highest BCUT2D eigenvalue weighted by molar-refractivity contribution is 7.99. The van der Waals surface area contributed by atoms with Crippen LogP contribution in [-0.4, -0.2) is 75.1 Å². The summed E-state index contributed by atoms with van der Waals surface area (Å²) in [7, 11) is 0. The molecule has 0 bridgehead atoms. The Morgan fingerprint density at radius 1 is 1.33 bits per heavy atom. The molecule has 8 heteroatoms. The summed E-state index contributed by atoms with van der Waals surface area (Å²) in [6.45, 7) is 0.798. The molecule has 1 fully saturated rings. The predicted molar refractivity (Wildman–Crippen MR) is 64.9 cm³/mol. The molecule has 0 spiro atoms. The van der Waals surface area contributed by atoms with Gasteiger partial charge in [-0.3, -0.25) is 4.79 Å². The summed E-state index contributed by atoms with van der Waals surface area (Å²) in [6.07, 6.45) is -3.39. The van der Waals surface area contributed by atoms with Gasteiger partial charge < -0.3 is 30.5 Å². The van der Waals surface area contributed by atoms with Crippen molar-refractivity contribution >= 4 is 17.7 Å². The van der Waals surface area contributed by atoms with E-state index in [0.717, 1.165) is 0 Å². The standard InChI is InChI=1S/C10H19NO6S/c1-5(14)11-7-9(16)8(15)6(4-13)17-10(7)18-3-2-12/h6-10,12-13,15-16H,2-4H2,1H3,(H,11,14)/t6-,7-,8-,9-,10-/m1/s1. The Morgan fingerprint density at radius 3 is 2.50 bits per heavy atom. The number of nitrogens with one attached hydrogen (secondary N) is 1. The summed E-state index contributed by atoms with van der Waals surface area (Å²) in [5.74, 6) is 0.00809. The lowest BCUT2D eigenvalue weighted by molar-refractivity contribution is -0.173. The molecule has 106 valence electrons. The third kappa shape index (κ3) is 3.81.